The first-order chi connectivity index (χ1) is 26.2. The van der Waals surface area contributed by atoms with Crippen molar-refractivity contribution < 1.29 is 48.0 Å². The van der Waals surface area contributed by atoms with E-state index in [1.165, 1.54) is 14.2 Å². The SMILES string of the molecule is COC(=O)c1ccc(C2CC(=O)CCN2C(=O)OCc2ccccc2)cc1.COC(=O)c1ccc(C2C[C@H](O)CCN2C(=O)OCc2ccccc2)cc1. The number of methoxy groups -OCH3 is 2. The molecule has 1 N–H and O–H groups in total. The van der Waals surface area contributed by atoms with Gasteiger partial charge in [-0.3, -0.25) is 4.79 Å². The number of aliphatic hydroxyl groups excluding tert-OH is 1. The number of rotatable bonds is 8. The second-order valence-electron chi connectivity index (χ2n) is 12.9. The Morgan fingerprint density at radius 2 is 1.07 bits per heavy atom. The van der Waals surface area contributed by atoms with E-state index in [0.717, 1.165) is 22.3 Å². The summed E-state index contributed by atoms with van der Waals surface area (Å²) < 4.78 is 20.3. The van der Waals surface area contributed by atoms with Gasteiger partial charge in [0.25, 0.3) is 0 Å². The highest BCUT2D eigenvalue weighted by molar-refractivity contribution is 5.90. The van der Waals surface area contributed by atoms with E-state index in [4.69, 9.17) is 18.9 Å². The zero-order valence-electron chi connectivity index (χ0n) is 30.3. The van der Waals surface area contributed by atoms with Crippen molar-refractivity contribution in [2.75, 3.05) is 27.3 Å². The van der Waals surface area contributed by atoms with Gasteiger partial charge < -0.3 is 33.9 Å². The number of likely N-dealkylation sites (tertiary alicyclic amines) is 2. The van der Waals surface area contributed by atoms with Gasteiger partial charge in [-0.2, -0.15) is 0 Å². The molecule has 12 heteroatoms. The number of Topliss-reactive ketones (excluding diaryl/α,β-unsaturated/α-hetero) is 1. The Labute approximate surface area is 314 Å². The fraction of sp³-hybridized carbons (Fsp3) is 0.310. The van der Waals surface area contributed by atoms with Gasteiger partial charge in [-0.05, 0) is 59.4 Å². The summed E-state index contributed by atoms with van der Waals surface area (Å²) in [6, 6.07) is 31.9. The smallest absolute Gasteiger partial charge is 0.410 e. The van der Waals surface area contributed by atoms with Gasteiger partial charge in [0.15, 0.2) is 0 Å². The third kappa shape index (κ3) is 10.5. The molecule has 4 aromatic carbocycles. The maximum absolute atomic E-state index is 12.6. The summed E-state index contributed by atoms with van der Waals surface area (Å²) in [6.45, 7) is 1.11. The highest BCUT2D eigenvalue weighted by atomic mass is 16.6. The van der Waals surface area contributed by atoms with Crippen LogP contribution in [0, 0.1) is 0 Å². The number of benzene rings is 4. The number of carbonyl (C=O) groups is 5. The number of amides is 2. The number of nitrogens with zero attached hydrogens (tertiary/aromatic N) is 2. The molecule has 0 saturated carbocycles. The number of hydrogen-bond donors (Lipinski definition) is 1. The number of ether oxygens (including phenoxy) is 4. The van der Waals surface area contributed by atoms with E-state index in [1.54, 1.807) is 58.3 Å². The Morgan fingerprint density at radius 3 is 1.54 bits per heavy atom. The minimum absolute atomic E-state index is 0.101. The quantitative estimate of drug-likeness (QED) is 0.151. The van der Waals surface area contributed by atoms with E-state index in [2.05, 4.69) is 0 Å². The van der Waals surface area contributed by atoms with Crippen LogP contribution >= 0.6 is 0 Å². The zero-order chi connectivity index (χ0) is 38.5. The highest BCUT2D eigenvalue weighted by Crippen LogP contribution is 2.33. The molecule has 6 rings (SSSR count). The van der Waals surface area contributed by atoms with Crippen molar-refractivity contribution in [3.05, 3.63) is 143 Å². The second kappa shape index (κ2) is 19.2. The Morgan fingerprint density at radius 1 is 0.630 bits per heavy atom. The third-order valence-corrected chi connectivity index (χ3v) is 9.32. The molecule has 2 aliphatic rings. The number of aliphatic hydroxyl groups is 1. The summed E-state index contributed by atoms with van der Waals surface area (Å²) in [5.74, 6) is -0.742. The molecule has 4 aromatic rings. The number of carbonyl (C=O) groups excluding carboxylic acids is 5. The topological polar surface area (TPSA) is 149 Å². The lowest BCUT2D eigenvalue weighted by Gasteiger charge is -2.37. The summed E-state index contributed by atoms with van der Waals surface area (Å²) in [5, 5.41) is 10.1. The molecule has 2 fully saturated rings. The summed E-state index contributed by atoms with van der Waals surface area (Å²) in [6.07, 6.45) is 0.152. The van der Waals surface area contributed by atoms with E-state index >= 15 is 0 Å². The Kier molecular flexibility index (Phi) is 13.9. The largest absolute Gasteiger partial charge is 0.465 e. The van der Waals surface area contributed by atoms with Crippen LogP contribution in [0.4, 0.5) is 9.59 Å². The van der Waals surface area contributed by atoms with Crippen molar-refractivity contribution in [1.29, 1.82) is 0 Å². The van der Waals surface area contributed by atoms with E-state index < -0.39 is 36.3 Å². The van der Waals surface area contributed by atoms with Crippen LogP contribution in [0.3, 0.4) is 0 Å². The normalized spacial score (nSPS) is 18.1. The summed E-state index contributed by atoms with van der Waals surface area (Å²) in [5.41, 5.74) is 4.31. The van der Waals surface area contributed by atoms with Crippen LogP contribution in [0.2, 0.25) is 0 Å². The van der Waals surface area contributed by atoms with Crippen LogP contribution in [0.5, 0.6) is 0 Å². The predicted octanol–water partition coefficient (Wildman–Crippen LogP) is 6.82. The van der Waals surface area contributed by atoms with Gasteiger partial charge in [-0.25, -0.2) is 19.2 Å². The molecule has 2 saturated heterocycles. The summed E-state index contributed by atoms with van der Waals surface area (Å²) in [7, 11) is 2.65. The van der Waals surface area contributed by atoms with Gasteiger partial charge in [0.2, 0.25) is 0 Å². The molecule has 0 aromatic heterocycles. The second-order valence-corrected chi connectivity index (χ2v) is 12.9. The van der Waals surface area contributed by atoms with Crippen molar-refractivity contribution in [3.8, 4) is 0 Å². The number of esters is 2. The van der Waals surface area contributed by atoms with Crippen LogP contribution in [0.1, 0.15) is 80.7 Å². The number of ketones is 1. The zero-order valence-corrected chi connectivity index (χ0v) is 30.3. The van der Waals surface area contributed by atoms with Gasteiger partial charge in [0, 0.05) is 25.9 Å². The van der Waals surface area contributed by atoms with E-state index in [0.29, 0.717) is 43.5 Å². The van der Waals surface area contributed by atoms with E-state index in [-0.39, 0.29) is 31.5 Å². The average Bonchev–Trinajstić information content (AvgIpc) is 3.22. The lowest BCUT2D eigenvalue weighted by molar-refractivity contribution is -0.122. The van der Waals surface area contributed by atoms with Gasteiger partial charge in [0.1, 0.15) is 19.0 Å². The molecule has 0 aliphatic carbocycles. The van der Waals surface area contributed by atoms with Gasteiger partial charge in [0.05, 0.1) is 43.5 Å². The summed E-state index contributed by atoms with van der Waals surface area (Å²) >= 11 is 0. The van der Waals surface area contributed by atoms with Crippen molar-refractivity contribution in [1.82, 2.24) is 9.80 Å². The van der Waals surface area contributed by atoms with Crippen molar-refractivity contribution in [3.63, 3.8) is 0 Å². The van der Waals surface area contributed by atoms with Crippen LogP contribution in [-0.2, 0) is 37.0 Å². The molecule has 3 atom stereocenters. The molecule has 2 amide bonds. The van der Waals surface area contributed by atoms with Crippen molar-refractivity contribution in [2.45, 2.75) is 57.1 Å². The first kappa shape index (κ1) is 39.2. The van der Waals surface area contributed by atoms with Crippen LogP contribution in [0.15, 0.2) is 109 Å². The first-order valence-electron chi connectivity index (χ1n) is 17.7. The molecule has 0 bridgehead atoms. The lowest BCUT2D eigenvalue weighted by atomic mass is 9.93. The average molecular weight is 737 g/mol. The first-order valence-corrected chi connectivity index (χ1v) is 17.7. The van der Waals surface area contributed by atoms with Gasteiger partial charge in [-0.1, -0.05) is 84.9 Å². The summed E-state index contributed by atoms with van der Waals surface area (Å²) in [4.78, 5) is 63.6. The minimum atomic E-state index is -0.478. The molecular weight excluding hydrogens is 692 g/mol. The number of piperidine rings is 2. The fourth-order valence-electron chi connectivity index (χ4n) is 6.35. The molecule has 2 heterocycles. The molecular formula is C42H44N2O10. The molecule has 2 aliphatic heterocycles. The van der Waals surface area contributed by atoms with E-state index in [1.807, 2.05) is 60.7 Å². The van der Waals surface area contributed by atoms with Gasteiger partial charge >= 0.3 is 24.1 Å². The van der Waals surface area contributed by atoms with E-state index in [9.17, 15) is 29.1 Å². The molecule has 12 nitrogen and oxygen atoms in total. The highest BCUT2D eigenvalue weighted by Gasteiger charge is 2.34. The molecule has 282 valence electrons. The molecule has 2 unspecified atom stereocenters. The predicted molar refractivity (Wildman–Crippen MR) is 197 cm³/mol. The number of hydrogen-bond acceptors (Lipinski definition) is 10. The Bertz CT molecular complexity index is 1870. The van der Waals surface area contributed by atoms with Crippen molar-refractivity contribution in [2.24, 2.45) is 0 Å². The third-order valence-electron chi connectivity index (χ3n) is 9.32. The lowest BCUT2D eigenvalue weighted by Crippen LogP contribution is -2.42. The van der Waals surface area contributed by atoms with Crippen LogP contribution in [-0.4, -0.2) is 78.2 Å². The molecule has 0 radical (unpaired) electrons. The van der Waals surface area contributed by atoms with Gasteiger partial charge in [-0.15, -0.1) is 0 Å². The molecule has 0 spiro atoms. The molecule has 54 heavy (non-hydrogen) atoms. The monoisotopic (exact) mass is 736 g/mol. The fourth-order valence-corrected chi connectivity index (χ4v) is 6.35. The standard InChI is InChI=1S/C21H23NO5.C21H21NO5/c2*1-26-20(24)17-9-7-16(8-10-17)19-13-18(23)11-12-22(19)21(25)27-14-15-5-3-2-4-6-15/h2-10,18-19,23H,11-14H2,1H3;2-10,19H,11-14H2,1H3/t18-,19?;/m1./s1. The minimum Gasteiger partial charge on any atom is -0.465 e. The Hall–Kier alpha value is -6.01. The Balaban J connectivity index is 0.000000208. The van der Waals surface area contributed by atoms with Crippen molar-refractivity contribution >= 4 is 29.9 Å². The maximum Gasteiger partial charge on any atom is 0.410 e. The van der Waals surface area contributed by atoms with Crippen LogP contribution in [0.25, 0.3) is 0 Å². The maximum atomic E-state index is 12.6. The van der Waals surface area contributed by atoms with Crippen LogP contribution < -0.4 is 0 Å².